The van der Waals surface area contributed by atoms with Crippen molar-refractivity contribution in [3.63, 3.8) is 0 Å². The van der Waals surface area contributed by atoms with Gasteiger partial charge in [0, 0.05) is 12.1 Å². The number of para-hydroxylation sites is 1. The first-order valence-corrected chi connectivity index (χ1v) is 12.4. The third kappa shape index (κ3) is 4.66. The number of hydrogen-bond acceptors (Lipinski definition) is 6. The molecule has 2 amide bonds. The molecule has 0 saturated carbocycles. The van der Waals surface area contributed by atoms with Crippen LogP contribution in [0, 0.1) is 0 Å². The fraction of sp³-hybridized carbons (Fsp3) is 0.310. The van der Waals surface area contributed by atoms with Crippen LogP contribution in [0.3, 0.4) is 0 Å². The Bertz CT molecular complexity index is 1280. The van der Waals surface area contributed by atoms with Crippen molar-refractivity contribution >= 4 is 17.5 Å². The summed E-state index contributed by atoms with van der Waals surface area (Å²) < 4.78 is 17.5. The SMILES string of the molecule is CCc1ccccc1Oc1ccc2c(c1)C(=O)N(c1ccc(OCCC3CCCN3)c(OC)c1)C2=O. The number of fused-ring (bicyclic) bond motifs is 1. The highest BCUT2D eigenvalue weighted by molar-refractivity contribution is 6.34. The Hall–Kier alpha value is -3.84. The third-order valence-corrected chi connectivity index (χ3v) is 6.73. The minimum atomic E-state index is -0.396. The quantitative estimate of drug-likeness (QED) is 0.410. The first-order chi connectivity index (χ1) is 17.6. The van der Waals surface area contributed by atoms with Gasteiger partial charge in [0.2, 0.25) is 0 Å². The number of anilines is 1. The number of rotatable bonds is 9. The Kier molecular flexibility index (Phi) is 6.91. The summed E-state index contributed by atoms with van der Waals surface area (Å²) in [4.78, 5) is 27.6. The Morgan fingerprint density at radius 3 is 2.56 bits per heavy atom. The van der Waals surface area contributed by atoms with E-state index in [4.69, 9.17) is 14.2 Å². The lowest BCUT2D eigenvalue weighted by molar-refractivity contribution is 0.0926. The second-order valence-corrected chi connectivity index (χ2v) is 8.98. The van der Waals surface area contributed by atoms with Crippen LogP contribution in [0.1, 0.15) is 52.5 Å². The lowest BCUT2D eigenvalue weighted by atomic mass is 10.1. The number of imide groups is 1. The summed E-state index contributed by atoms with van der Waals surface area (Å²) in [6, 6.07) is 18.4. The predicted octanol–water partition coefficient (Wildman–Crippen LogP) is 5.37. The van der Waals surface area contributed by atoms with Gasteiger partial charge in [-0.3, -0.25) is 9.59 Å². The van der Waals surface area contributed by atoms with Crippen LogP contribution < -0.4 is 24.4 Å². The van der Waals surface area contributed by atoms with Crippen molar-refractivity contribution in [3.8, 4) is 23.0 Å². The van der Waals surface area contributed by atoms with Crippen LogP contribution in [0.25, 0.3) is 0 Å². The Morgan fingerprint density at radius 1 is 0.944 bits per heavy atom. The molecular formula is C29H30N2O5. The van der Waals surface area contributed by atoms with Crippen molar-refractivity contribution in [2.75, 3.05) is 25.2 Å². The maximum Gasteiger partial charge on any atom is 0.266 e. The molecule has 5 rings (SSSR count). The highest BCUT2D eigenvalue weighted by Crippen LogP contribution is 2.37. The second-order valence-electron chi connectivity index (χ2n) is 8.98. The van der Waals surface area contributed by atoms with Gasteiger partial charge >= 0.3 is 0 Å². The number of carbonyl (C=O) groups is 2. The van der Waals surface area contributed by atoms with Gasteiger partial charge in [-0.05, 0) is 74.2 Å². The lowest BCUT2D eigenvalue weighted by Crippen LogP contribution is -2.29. The molecular weight excluding hydrogens is 456 g/mol. The molecule has 7 nitrogen and oxygen atoms in total. The Labute approximate surface area is 211 Å². The number of ether oxygens (including phenoxy) is 3. The molecule has 3 aromatic rings. The molecule has 1 saturated heterocycles. The first kappa shape index (κ1) is 23.9. The molecule has 0 bridgehead atoms. The zero-order valence-corrected chi connectivity index (χ0v) is 20.6. The van der Waals surface area contributed by atoms with Gasteiger partial charge in [0.1, 0.15) is 11.5 Å². The molecule has 0 aliphatic carbocycles. The average molecular weight is 487 g/mol. The van der Waals surface area contributed by atoms with Crippen LogP contribution >= 0.6 is 0 Å². The lowest BCUT2D eigenvalue weighted by Gasteiger charge is -2.18. The smallest absolute Gasteiger partial charge is 0.266 e. The number of methoxy groups -OCH3 is 1. The zero-order chi connectivity index (χ0) is 25.1. The zero-order valence-electron chi connectivity index (χ0n) is 20.6. The first-order valence-electron chi connectivity index (χ1n) is 12.4. The van der Waals surface area contributed by atoms with Crippen molar-refractivity contribution in [2.24, 2.45) is 0 Å². The predicted molar refractivity (Wildman–Crippen MR) is 138 cm³/mol. The number of hydrogen-bond donors (Lipinski definition) is 1. The second kappa shape index (κ2) is 10.4. The average Bonchev–Trinajstić information content (AvgIpc) is 3.51. The number of nitrogens with zero attached hydrogens (tertiary/aromatic N) is 1. The molecule has 1 unspecified atom stereocenters. The van der Waals surface area contributed by atoms with Gasteiger partial charge in [0.15, 0.2) is 11.5 Å². The van der Waals surface area contributed by atoms with E-state index in [1.54, 1.807) is 43.5 Å². The summed E-state index contributed by atoms with van der Waals surface area (Å²) >= 11 is 0. The monoisotopic (exact) mass is 486 g/mol. The van der Waals surface area contributed by atoms with E-state index in [9.17, 15) is 9.59 Å². The highest BCUT2D eigenvalue weighted by atomic mass is 16.5. The third-order valence-electron chi connectivity index (χ3n) is 6.73. The summed E-state index contributed by atoms with van der Waals surface area (Å²) in [7, 11) is 1.55. The van der Waals surface area contributed by atoms with Crippen LogP contribution in [-0.4, -0.2) is 38.1 Å². The van der Waals surface area contributed by atoms with E-state index in [1.165, 1.54) is 11.3 Å². The fourth-order valence-corrected chi connectivity index (χ4v) is 4.77. The Balaban J connectivity index is 1.34. The van der Waals surface area contributed by atoms with Crippen molar-refractivity contribution in [2.45, 2.75) is 38.6 Å². The summed E-state index contributed by atoms with van der Waals surface area (Å²) in [5.74, 6) is 1.53. The van der Waals surface area contributed by atoms with Gasteiger partial charge in [0.05, 0.1) is 30.5 Å². The fourth-order valence-electron chi connectivity index (χ4n) is 4.77. The molecule has 1 N–H and O–H groups in total. The van der Waals surface area contributed by atoms with E-state index in [-0.39, 0.29) is 5.91 Å². The van der Waals surface area contributed by atoms with Crippen molar-refractivity contribution in [1.82, 2.24) is 5.32 Å². The highest BCUT2D eigenvalue weighted by Gasteiger charge is 2.37. The molecule has 186 valence electrons. The number of carbonyl (C=O) groups excluding carboxylic acids is 2. The van der Waals surface area contributed by atoms with E-state index in [0.717, 1.165) is 37.1 Å². The Morgan fingerprint density at radius 2 is 1.78 bits per heavy atom. The molecule has 2 aliphatic rings. The summed E-state index contributed by atoms with van der Waals surface area (Å²) in [6.07, 6.45) is 4.10. The van der Waals surface area contributed by atoms with Gasteiger partial charge in [0.25, 0.3) is 11.8 Å². The number of nitrogens with one attached hydrogen (secondary N) is 1. The van der Waals surface area contributed by atoms with Gasteiger partial charge < -0.3 is 19.5 Å². The molecule has 1 atom stereocenters. The minimum Gasteiger partial charge on any atom is -0.493 e. The molecule has 3 aromatic carbocycles. The molecule has 1 fully saturated rings. The molecule has 2 aliphatic heterocycles. The van der Waals surface area contributed by atoms with Gasteiger partial charge in [-0.15, -0.1) is 0 Å². The number of benzene rings is 3. The maximum absolute atomic E-state index is 13.3. The van der Waals surface area contributed by atoms with Gasteiger partial charge in [-0.25, -0.2) is 4.90 Å². The number of aryl methyl sites for hydroxylation is 1. The van der Waals surface area contributed by atoms with Crippen molar-refractivity contribution in [1.29, 1.82) is 0 Å². The largest absolute Gasteiger partial charge is 0.493 e. The minimum absolute atomic E-state index is 0.315. The van der Waals surface area contributed by atoms with Gasteiger partial charge in [-0.2, -0.15) is 0 Å². The van der Waals surface area contributed by atoms with Crippen LogP contribution in [-0.2, 0) is 6.42 Å². The molecule has 7 heteroatoms. The van der Waals surface area contributed by atoms with Crippen LogP contribution in [0.5, 0.6) is 23.0 Å². The number of amides is 2. The summed E-state index contributed by atoms with van der Waals surface area (Å²) in [5.41, 5.74) is 2.16. The summed E-state index contributed by atoms with van der Waals surface area (Å²) in [5, 5.41) is 3.46. The van der Waals surface area contributed by atoms with Crippen molar-refractivity contribution in [3.05, 3.63) is 77.4 Å². The molecule has 0 aromatic heterocycles. The van der Waals surface area contributed by atoms with E-state index < -0.39 is 5.91 Å². The van der Waals surface area contributed by atoms with E-state index in [1.807, 2.05) is 24.3 Å². The van der Waals surface area contributed by atoms with Crippen LogP contribution in [0.4, 0.5) is 5.69 Å². The van der Waals surface area contributed by atoms with Crippen molar-refractivity contribution < 1.29 is 23.8 Å². The van der Waals surface area contributed by atoms with Crippen LogP contribution in [0.2, 0.25) is 0 Å². The summed E-state index contributed by atoms with van der Waals surface area (Å²) in [6.45, 7) is 3.68. The van der Waals surface area contributed by atoms with Crippen LogP contribution in [0.15, 0.2) is 60.7 Å². The molecule has 36 heavy (non-hydrogen) atoms. The van der Waals surface area contributed by atoms with E-state index in [0.29, 0.717) is 46.7 Å². The van der Waals surface area contributed by atoms with E-state index >= 15 is 0 Å². The topological polar surface area (TPSA) is 77.1 Å². The maximum atomic E-state index is 13.3. The molecule has 0 spiro atoms. The normalized spacial score (nSPS) is 16.8. The molecule has 2 heterocycles. The standard InChI is InChI=1S/C29H30N2O5/c1-3-19-7-4-5-9-25(19)36-22-11-12-23-24(18-22)29(33)31(28(23)32)21-10-13-26(27(17-21)34-2)35-16-14-20-8-6-15-30-20/h4-5,7,9-13,17-18,20,30H,3,6,8,14-16H2,1-2H3. The van der Waals surface area contributed by atoms with Gasteiger partial charge in [-0.1, -0.05) is 25.1 Å². The molecule has 0 radical (unpaired) electrons. The van der Waals surface area contributed by atoms with E-state index in [2.05, 4.69) is 12.2 Å².